The predicted octanol–water partition coefficient (Wildman–Crippen LogP) is 3.88. The lowest BCUT2D eigenvalue weighted by molar-refractivity contribution is 0.817. The summed E-state index contributed by atoms with van der Waals surface area (Å²) in [6.07, 6.45) is 3.24. The third-order valence-corrected chi connectivity index (χ3v) is 5.24. The topological polar surface area (TPSA) is 47.2 Å². The molecular formula is C18H19N3OS. The first-order valence-electron chi connectivity index (χ1n) is 7.48. The van der Waals surface area contributed by atoms with Crippen LogP contribution in [0.4, 0.5) is 0 Å². The van der Waals surface area contributed by atoms with E-state index in [-0.39, 0.29) is 5.56 Å². The zero-order valence-electron chi connectivity index (χ0n) is 14.0. The van der Waals surface area contributed by atoms with Crippen LogP contribution in [0.5, 0.6) is 0 Å². The second-order valence-corrected chi connectivity index (χ2v) is 7.12. The van der Waals surface area contributed by atoms with Crippen molar-refractivity contribution in [3.8, 4) is 0 Å². The molecule has 3 rings (SSSR count). The number of nitrogens with zero attached hydrogens (tertiary/aromatic N) is 3. The fourth-order valence-corrected chi connectivity index (χ4v) is 3.81. The summed E-state index contributed by atoms with van der Waals surface area (Å²) < 4.78 is 1.32. The summed E-state index contributed by atoms with van der Waals surface area (Å²) in [4.78, 5) is 18.9. The number of thiophene rings is 1. The summed E-state index contributed by atoms with van der Waals surface area (Å²) in [6.45, 7) is 10.1. The second kappa shape index (κ2) is 5.74. The molecule has 0 amide bonds. The van der Waals surface area contributed by atoms with Crippen LogP contribution < -0.4 is 5.56 Å². The molecule has 118 valence electrons. The van der Waals surface area contributed by atoms with Crippen molar-refractivity contribution in [3.05, 3.63) is 61.5 Å². The van der Waals surface area contributed by atoms with Gasteiger partial charge in [-0.05, 0) is 51.3 Å². The van der Waals surface area contributed by atoms with Crippen LogP contribution in [-0.4, -0.2) is 15.9 Å². The average molecular weight is 325 g/mol. The van der Waals surface area contributed by atoms with Crippen molar-refractivity contribution < 1.29 is 0 Å². The Hall–Kier alpha value is -2.27. The van der Waals surface area contributed by atoms with Gasteiger partial charge in [0.05, 0.1) is 11.6 Å². The number of aryl methyl sites for hydroxylation is 5. The Morgan fingerprint density at radius 2 is 1.78 bits per heavy atom. The summed E-state index contributed by atoms with van der Waals surface area (Å²) in [5, 5.41) is 5.02. The Kier molecular flexibility index (Phi) is 3.90. The molecular weight excluding hydrogens is 306 g/mol. The molecule has 5 heteroatoms. The maximum atomic E-state index is 12.6. The van der Waals surface area contributed by atoms with Crippen molar-refractivity contribution in [3.63, 3.8) is 0 Å². The average Bonchev–Trinajstić information content (AvgIpc) is 2.76. The zero-order valence-corrected chi connectivity index (χ0v) is 14.8. The number of aromatic nitrogens is 2. The number of benzene rings is 1. The van der Waals surface area contributed by atoms with Crippen molar-refractivity contribution in [1.29, 1.82) is 0 Å². The highest BCUT2D eigenvalue weighted by Crippen LogP contribution is 2.25. The van der Waals surface area contributed by atoms with E-state index in [1.54, 1.807) is 17.6 Å². The Balaban J connectivity index is 2.11. The molecule has 0 fully saturated rings. The minimum absolute atomic E-state index is 0.115. The van der Waals surface area contributed by atoms with Crippen LogP contribution in [-0.2, 0) is 0 Å². The number of rotatable bonds is 2. The molecule has 2 heterocycles. The molecule has 0 radical (unpaired) electrons. The Bertz CT molecular complexity index is 972. The monoisotopic (exact) mass is 325 g/mol. The molecule has 3 aromatic rings. The maximum absolute atomic E-state index is 12.6. The van der Waals surface area contributed by atoms with Gasteiger partial charge in [-0.2, -0.15) is 9.78 Å². The Morgan fingerprint density at radius 3 is 2.43 bits per heavy atom. The van der Waals surface area contributed by atoms with Gasteiger partial charge in [-0.15, -0.1) is 11.3 Å². The van der Waals surface area contributed by atoms with Crippen LogP contribution in [0.2, 0.25) is 0 Å². The summed E-state index contributed by atoms with van der Waals surface area (Å²) in [5.41, 5.74) is 5.44. The van der Waals surface area contributed by atoms with Gasteiger partial charge in [0.1, 0.15) is 11.2 Å². The lowest BCUT2D eigenvalue weighted by Gasteiger charge is -2.06. The fraction of sp³-hybridized carbons (Fsp3) is 0.278. The second-order valence-electron chi connectivity index (χ2n) is 5.91. The number of hydrogen-bond acceptors (Lipinski definition) is 4. The van der Waals surface area contributed by atoms with E-state index in [1.807, 2.05) is 13.8 Å². The largest absolute Gasteiger partial charge is 0.282 e. The number of fused-ring (bicyclic) bond motifs is 1. The normalized spacial score (nSPS) is 11.7. The smallest absolute Gasteiger partial charge is 0.267 e. The van der Waals surface area contributed by atoms with Crippen LogP contribution >= 0.6 is 11.3 Å². The predicted molar refractivity (Wildman–Crippen MR) is 97.0 cm³/mol. The molecule has 0 saturated carbocycles. The van der Waals surface area contributed by atoms with E-state index in [0.717, 1.165) is 32.0 Å². The van der Waals surface area contributed by atoms with E-state index in [2.05, 4.69) is 43.0 Å². The SMILES string of the molecule is Cc1cc(C)c(C=Nn2cnc3sc(C)c(C)c3c2=O)c(C)c1. The third kappa shape index (κ3) is 2.72. The molecule has 4 nitrogen and oxygen atoms in total. The van der Waals surface area contributed by atoms with Crippen LogP contribution in [0, 0.1) is 34.6 Å². The first kappa shape index (κ1) is 15.6. The molecule has 0 unspecified atom stereocenters. The highest BCUT2D eigenvalue weighted by molar-refractivity contribution is 7.18. The van der Waals surface area contributed by atoms with E-state index < -0.39 is 0 Å². The van der Waals surface area contributed by atoms with Gasteiger partial charge in [0.2, 0.25) is 0 Å². The van der Waals surface area contributed by atoms with Gasteiger partial charge in [0, 0.05) is 10.4 Å². The molecule has 0 aliphatic carbocycles. The molecule has 0 spiro atoms. The quantitative estimate of drug-likeness (QED) is 0.671. The van der Waals surface area contributed by atoms with Gasteiger partial charge in [0.15, 0.2) is 0 Å². The van der Waals surface area contributed by atoms with Crippen molar-refractivity contribution in [2.75, 3.05) is 0 Å². The van der Waals surface area contributed by atoms with E-state index in [9.17, 15) is 4.79 Å². The van der Waals surface area contributed by atoms with E-state index >= 15 is 0 Å². The highest BCUT2D eigenvalue weighted by Gasteiger charge is 2.11. The Morgan fingerprint density at radius 1 is 1.13 bits per heavy atom. The van der Waals surface area contributed by atoms with E-state index in [4.69, 9.17) is 0 Å². The first-order valence-corrected chi connectivity index (χ1v) is 8.29. The van der Waals surface area contributed by atoms with Gasteiger partial charge < -0.3 is 0 Å². The minimum atomic E-state index is -0.115. The molecule has 0 aliphatic heterocycles. The first-order chi connectivity index (χ1) is 10.9. The molecule has 0 N–H and O–H groups in total. The molecule has 0 saturated heterocycles. The molecule has 0 bridgehead atoms. The van der Waals surface area contributed by atoms with E-state index in [0.29, 0.717) is 5.39 Å². The standard InChI is InChI=1S/C18H19N3OS/c1-10-6-11(2)15(12(3)7-10)8-20-21-9-19-17-16(18(21)22)13(4)14(5)23-17/h6-9H,1-5H3. The summed E-state index contributed by atoms with van der Waals surface area (Å²) in [7, 11) is 0. The molecule has 2 aromatic heterocycles. The van der Waals surface area contributed by atoms with Crippen molar-refractivity contribution in [2.45, 2.75) is 34.6 Å². The van der Waals surface area contributed by atoms with Gasteiger partial charge >= 0.3 is 0 Å². The molecule has 1 aromatic carbocycles. The van der Waals surface area contributed by atoms with Gasteiger partial charge in [-0.25, -0.2) is 4.98 Å². The van der Waals surface area contributed by atoms with Crippen LogP contribution in [0.15, 0.2) is 28.4 Å². The Labute approximate surface area is 139 Å². The van der Waals surface area contributed by atoms with Gasteiger partial charge in [-0.1, -0.05) is 17.7 Å². The lowest BCUT2D eigenvalue weighted by atomic mass is 10.0. The van der Waals surface area contributed by atoms with Crippen molar-refractivity contribution >= 4 is 27.8 Å². The summed E-state index contributed by atoms with van der Waals surface area (Å²) in [5.74, 6) is 0. The third-order valence-electron chi connectivity index (χ3n) is 4.12. The molecule has 0 atom stereocenters. The van der Waals surface area contributed by atoms with E-state index in [1.165, 1.54) is 16.6 Å². The van der Waals surface area contributed by atoms with Crippen LogP contribution in [0.3, 0.4) is 0 Å². The van der Waals surface area contributed by atoms with Gasteiger partial charge in [0.25, 0.3) is 5.56 Å². The van der Waals surface area contributed by atoms with Crippen LogP contribution in [0.1, 0.15) is 32.7 Å². The summed E-state index contributed by atoms with van der Waals surface area (Å²) in [6, 6.07) is 4.23. The van der Waals surface area contributed by atoms with Crippen LogP contribution in [0.25, 0.3) is 10.2 Å². The minimum Gasteiger partial charge on any atom is -0.267 e. The highest BCUT2D eigenvalue weighted by atomic mass is 32.1. The molecule has 23 heavy (non-hydrogen) atoms. The summed E-state index contributed by atoms with van der Waals surface area (Å²) >= 11 is 1.55. The number of hydrogen-bond donors (Lipinski definition) is 0. The molecule has 0 aliphatic rings. The zero-order chi connectivity index (χ0) is 16.7. The lowest BCUT2D eigenvalue weighted by Crippen LogP contribution is -2.17. The van der Waals surface area contributed by atoms with Gasteiger partial charge in [-0.3, -0.25) is 4.79 Å². The van der Waals surface area contributed by atoms with Crippen molar-refractivity contribution in [1.82, 2.24) is 9.66 Å². The fourth-order valence-electron chi connectivity index (χ4n) is 2.82. The van der Waals surface area contributed by atoms with Crippen molar-refractivity contribution in [2.24, 2.45) is 5.10 Å². The maximum Gasteiger partial charge on any atom is 0.282 e.